The Bertz CT molecular complexity index is 438. The lowest BCUT2D eigenvalue weighted by Crippen LogP contribution is -2.42. The number of carbonyl (C=O) groups is 1. The van der Waals surface area contributed by atoms with Gasteiger partial charge in [0, 0.05) is 12.0 Å². The summed E-state index contributed by atoms with van der Waals surface area (Å²) in [6.45, 7) is 9.04. The quantitative estimate of drug-likeness (QED) is 0.901. The maximum atomic E-state index is 12.2. The lowest BCUT2D eigenvalue weighted by Gasteiger charge is -2.33. The van der Waals surface area contributed by atoms with E-state index in [9.17, 15) is 4.79 Å². The number of hydrogen-bond acceptors (Lipinski definition) is 5. The van der Waals surface area contributed by atoms with Crippen LogP contribution in [-0.2, 0) is 17.8 Å². The summed E-state index contributed by atoms with van der Waals surface area (Å²) >= 11 is 1.58. The molecule has 1 aliphatic heterocycles. The highest BCUT2D eigenvalue weighted by Gasteiger charge is 2.25. The summed E-state index contributed by atoms with van der Waals surface area (Å²) < 4.78 is 0. The van der Waals surface area contributed by atoms with Gasteiger partial charge in [0.15, 0.2) is 0 Å². The van der Waals surface area contributed by atoms with Crippen molar-refractivity contribution in [3.05, 3.63) is 10.0 Å². The summed E-state index contributed by atoms with van der Waals surface area (Å²) in [7, 11) is 0. The molecule has 1 aromatic heterocycles. The second-order valence-electron chi connectivity index (χ2n) is 5.56. The van der Waals surface area contributed by atoms with Gasteiger partial charge in [0.1, 0.15) is 10.0 Å². The summed E-state index contributed by atoms with van der Waals surface area (Å²) in [5.74, 6) is 0.324. The molecule has 0 aromatic carbocycles. The number of aryl methyl sites for hydroxylation is 1. The molecule has 0 atom stereocenters. The van der Waals surface area contributed by atoms with Gasteiger partial charge in [-0.1, -0.05) is 18.3 Å². The van der Waals surface area contributed by atoms with E-state index in [0.29, 0.717) is 12.6 Å². The van der Waals surface area contributed by atoms with E-state index < -0.39 is 0 Å². The van der Waals surface area contributed by atoms with Crippen LogP contribution in [0.25, 0.3) is 0 Å². The van der Waals surface area contributed by atoms with Gasteiger partial charge in [0.05, 0.1) is 6.54 Å². The lowest BCUT2D eigenvalue weighted by atomic mass is 9.95. The molecule has 0 radical (unpaired) electrons. The van der Waals surface area contributed by atoms with Crippen molar-refractivity contribution in [3.63, 3.8) is 0 Å². The Balaban J connectivity index is 1.75. The molecule has 0 spiro atoms. The number of nitrogens with one attached hydrogen (secondary N) is 1. The summed E-state index contributed by atoms with van der Waals surface area (Å²) in [6.07, 6.45) is 2.82. The molecule has 1 aliphatic rings. The van der Waals surface area contributed by atoms with E-state index >= 15 is 0 Å². The molecule has 1 saturated heterocycles. The molecule has 0 unspecified atom stereocenters. The largest absolute Gasteiger partial charge is 0.349 e. The summed E-state index contributed by atoms with van der Waals surface area (Å²) in [5, 5.41) is 13.1. The minimum absolute atomic E-state index is 0.156. The molecule has 2 rings (SSSR count). The first-order chi connectivity index (χ1) is 9.60. The molecule has 0 aliphatic carbocycles. The fourth-order valence-electron chi connectivity index (χ4n) is 2.49. The van der Waals surface area contributed by atoms with Gasteiger partial charge in [0.2, 0.25) is 5.91 Å². The van der Waals surface area contributed by atoms with Crippen LogP contribution in [-0.4, -0.2) is 40.1 Å². The third-order valence-electron chi connectivity index (χ3n) is 3.86. The second kappa shape index (κ2) is 7.13. The second-order valence-corrected chi connectivity index (χ2v) is 6.71. The van der Waals surface area contributed by atoms with Crippen molar-refractivity contribution in [2.24, 2.45) is 5.92 Å². The Morgan fingerprint density at radius 1 is 1.35 bits per heavy atom. The molecular weight excluding hydrogens is 272 g/mol. The maximum absolute atomic E-state index is 12.2. The van der Waals surface area contributed by atoms with Gasteiger partial charge in [-0.3, -0.25) is 4.79 Å². The van der Waals surface area contributed by atoms with Crippen LogP contribution in [0, 0.1) is 5.92 Å². The van der Waals surface area contributed by atoms with Gasteiger partial charge in [0.25, 0.3) is 0 Å². The highest BCUT2D eigenvalue weighted by Crippen LogP contribution is 2.19. The van der Waals surface area contributed by atoms with Crippen molar-refractivity contribution in [1.29, 1.82) is 0 Å². The van der Waals surface area contributed by atoms with Crippen molar-refractivity contribution in [3.8, 4) is 0 Å². The van der Waals surface area contributed by atoms with E-state index in [1.165, 1.54) is 0 Å². The fourth-order valence-corrected chi connectivity index (χ4v) is 3.21. The highest BCUT2D eigenvalue weighted by atomic mass is 32.1. The monoisotopic (exact) mass is 296 g/mol. The van der Waals surface area contributed by atoms with Gasteiger partial charge in [-0.2, -0.15) is 0 Å². The average Bonchev–Trinajstić information content (AvgIpc) is 2.93. The molecular formula is C14H24N4OS. The molecule has 20 heavy (non-hydrogen) atoms. The van der Waals surface area contributed by atoms with E-state index in [1.807, 2.05) is 0 Å². The topological polar surface area (TPSA) is 58.1 Å². The van der Waals surface area contributed by atoms with Crippen LogP contribution in [0.2, 0.25) is 0 Å². The minimum Gasteiger partial charge on any atom is -0.349 e. The predicted molar refractivity (Wildman–Crippen MR) is 80.6 cm³/mol. The normalized spacial score (nSPS) is 17.6. The number of amides is 1. The summed E-state index contributed by atoms with van der Waals surface area (Å²) in [4.78, 5) is 14.6. The molecule has 1 N–H and O–H groups in total. The lowest BCUT2D eigenvalue weighted by molar-refractivity contribution is -0.126. The highest BCUT2D eigenvalue weighted by molar-refractivity contribution is 7.11. The van der Waals surface area contributed by atoms with Crippen molar-refractivity contribution in [1.82, 2.24) is 20.4 Å². The Morgan fingerprint density at radius 3 is 2.55 bits per heavy atom. The van der Waals surface area contributed by atoms with Crippen LogP contribution in [0.3, 0.4) is 0 Å². The van der Waals surface area contributed by atoms with Gasteiger partial charge in [-0.05, 0) is 46.2 Å². The van der Waals surface area contributed by atoms with E-state index in [2.05, 4.69) is 41.2 Å². The third kappa shape index (κ3) is 3.99. The smallest absolute Gasteiger partial charge is 0.223 e. The summed E-state index contributed by atoms with van der Waals surface area (Å²) in [6, 6.07) is 0.577. The van der Waals surface area contributed by atoms with Crippen molar-refractivity contribution >= 4 is 17.2 Å². The zero-order chi connectivity index (χ0) is 14.5. The van der Waals surface area contributed by atoms with E-state index in [4.69, 9.17) is 0 Å². The van der Waals surface area contributed by atoms with Crippen LogP contribution in [0.4, 0.5) is 0 Å². The van der Waals surface area contributed by atoms with Crippen LogP contribution in [0.15, 0.2) is 0 Å². The maximum Gasteiger partial charge on any atom is 0.223 e. The first kappa shape index (κ1) is 15.4. The van der Waals surface area contributed by atoms with Crippen molar-refractivity contribution in [2.45, 2.75) is 52.6 Å². The zero-order valence-corrected chi connectivity index (χ0v) is 13.4. The Morgan fingerprint density at radius 2 is 2.00 bits per heavy atom. The predicted octanol–water partition coefficient (Wildman–Crippen LogP) is 1.84. The number of hydrogen-bond donors (Lipinski definition) is 1. The van der Waals surface area contributed by atoms with Gasteiger partial charge >= 0.3 is 0 Å². The minimum atomic E-state index is 0.156. The Hall–Kier alpha value is -1.01. The van der Waals surface area contributed by atoms with Gasteiger partial charge in [-0.15, -0.1) is 10.2 Å². The molecule has 1 amide bonds. The Kier molecular flexibility index (Phi) is 5.48. The number of aromatic nitrogens is 2. The summed E-state index contributed by atoms with van der Waals surface area (Å²) in [5.41, 5.74) is 0. The van der Waals surface area contributed by atoms with Gasteiger partial charge < -0.3 is 10.2 Å². The number of piperidine rings is 1. The zero-order valence-electron chi connectivity index (χ0n) is 12.6. The Labute approximate surface area is 124 Å². The SMILES string of the molecule is CCc1nnc(CNC(=O)C2CCN(C(C)C)CC2)s1. The van der Waals surface area contributed by atoms with Crippen LogP contribution in [0.1, 0.15) is 43.6 Å². The molecule has 112 valence electrons. The standard InChI is InChI=1S/C14H24N4OS/c1-4-12-16-17-13(20-12)9-15-14(19)11-5-7-18(8-6-11)10(2)3/h10-11H,4-9H2,1-3H3,(H,15,19). The average molecular weight is 296 g/mol. The van der Waals surface area contributed by atoms with E-state index in [1.54, 1.807) is 11.3 Å². The fraction of sp³-hybridized carbons (Fsp3) is 0.786. The van der Waals surface area contributed by atoms with Crippen LogP contribution >= 0.6 is 11.3 Å². The van der Waals surface area contributed by atoms with Gasteiger partial charge in [-0.25, -0.2) is 0 Å². The molecule has 0 saturated carbocycles. The third-order valence-corrected chi connectivity index (χ3v) is 4.92. The first-order valence-electron chi connectivity index (χ1n) is 7.43. The molecule has 1 aromatic rings. The van der Waals surface area contributed by atoms with Crippen molar-refractivity contribution < 1.29 is 4.79 Å². The molecule has 1 fully saturated rings. The van der Waals surface area contributed by atoms with Crippen LogP contribution < -0.4 is 5.32 Å². The van der Waals surface area contributed by atoms with Crippen molar-refractivity contribution in [2.75, 3.05) is 13.1 Å². The number of carbonyl (C=O) groups excluding carboxylic acids is 1. The molecule has 2 heterocycles. The molecule has 5 nitrogen and oxygen atoms in total. The first-order valence-corrected chi connectivity index (χ1v) is 8.24. The molecule has 6 heteroatoms. The van der Waals surface area contributed by atoms with E-state index in [0.717, 1.165) is 42.4 Å². The van der Waals surface area contributed by atoms with Crippen LogP contribution in [0.5, 0.6) is 0 Å². The van der Waals surface area contributed by atoms with E-state index in [-0.39, 0.29) is 11.8 Å². The number of rotatable bonds is 5. The molecule has 0 bridgehead atoms. The number of likely N-dealkylation sites (tertiary alicyclic amines) is 1. The number of nitrogens with zero attached hydrogens (tertiary/aromatic N) is 3.